The third-order valence-corrected chi connectivity index (χ3v) is 11.9. The first-order chi connectivity index (χ1) is 28.8. The molecule has 0 bridgehead atoms. The monoisotopic (exact) mass is 958 g/mol. The van der Waals surface area contributed by atoms with Crippen molar-refractivity contribution in [3.63, 3.8) is 0 Å². The number of carbonyl (C=O) groups excluding carboxylic acids is 2. The highest BCUT2D eigenvalue weighted by Gasteiger charge is 2.37. The van der Waals surface area contributed by atoms with Gasteiger partial charge in [0.05, 0.1) is 51.3 Å². The number of thiazole rings is 1. The number of anilines is 2. The predicted molar refractivity (Wildman–Crippen MR) is 216 cm³/mol. The lowest BCUT2D eigenvalue weighted by Crippen LogP contribution is -2.22. The molecule has 0 fully saturated rings. The number of nitrogens with two attached hydrogens (primary N) is 2. The second kappa shape index (κ2) is 18.6. The number of primary sulfonamides is 2. The van der Waals surface area contributed by atoms with E-state index in [2.05, 4.69) is 20.7 Å². The zero-order chi connectivity index (χ0) is 45.8. The van der Waals surface area contributed by atoms with E-state index in [0.29, 0.717) is 28.3 Å². The standard InChI is InChI=1S/C19H13ClF3N5O3S.C18H13ClF3N3O3S2/c20-14-4-2-1-3-12(14)5-18(29)27-15-7-17(32(25,30)31)16(6-13(15)19(21,22)23)28-10-11(8-24)9-26-28;19-13-4-2-1-3-10(13)7-16(26)25-11-5-6-12(15(8-11)30(23,27)28)14-9-24-17(29-14)18(20,21)22/h1-4,6-7,9-10H,5H2,(H,27,29)(H2,25,30,31);1-6,8-9H,7H2,(H,25,26)(H2,23,27,28). The molecule has 0 aliphatic rings. The second-order valence-electron chi connectivity index (χ2n) is 12.6. The summed E-state index contributed by atoms with van der Waals surface area (Å²) in [5, 5.41) is 27.2. The normalized spacial score (nSPS) is 11.9. The highest BCUT2D eigenvalue weighted by atomic mass is 35.5. The molecule has 2 amide bonds. The van der Waals surface area contributed by atoms with Gasteiger partial charge in [-0.25, -0.2) is 36.8 Å². The van der Waals surface area contributed by atoms with Crippen LogP contribution in [0.3, 0.4) is 0 Å². The van der Waals surface area contributed by atoms with Crippen molar-refractivity contribution in [1.82, 2.24) is 14.8 Å². The van der Waals surface area contributed by atoms with Crippen LogP contribution in [0.5, 0.6) is 0 Å². The first-order valence-electron chi connectivity index (χ1n) is 16.8. The van der Waals surface area contributed by atoms with E-state index in [-0.39, 0.29) is 50.9 Å². The molecule has 62 heavy (non-hydrogen) atoms. The van der Waals surface area contributed by atoms with Gasteiger partial charge in [0, 0.05) is 33.7 Å². The molecule has 0 aliphatic carbocycles. The number of amides is 2. The van der Waals surface area contributed by atoms with Gasteiger partial charge in [-0.05, 0) is 47.5 Å². The highest BCUT2D eigenvalue weighted by Crippen LogP contribution is 2.40. The largest absolute Gasteiger partial charge is 0.443 e. The van der Waals surface area contributed by atoms with Crippen molar-refractivity contribution in [2.24, 2.45) is 10.3 Å². The summed E-state index contributed by atoms with van der Waals surface area (Å²) in [6.07, 6.45) is -7.03. The molecule has 0 saturated heterocycles. The Bertz CT molecular complexity index is 2950. The zero-order valence-electron chi connectivity index (χ0n) is 30.8. The Morgan fingerprint density at radius 3 is 1.82 bits per heavy atom. The summed E-state index contributed by atoms with van der Waals surface area (Å²) in [4.78, 5) is 26.8. The van der Waals surface area contributed by atoms with Crippen molar-refractivity contribution >= 4 is 77.8 Å². The van der Waals surface area contributed by atoms with Crippen molar-refractivity contribution in [3.8, 4) is 22.2 Å². The molecule has 0 aliphatic heterocycles. The Morgan fingerprint density at radius 2 is 1.34 bits per heavy atom. The van der Waals surface area contributed by atoms with Crippen LogP contribution in [-0.4, -0.2) is 43.4 Å². The van der Waals surface area contributed by atoms with E-state index in [1.165, 1.54) is 24.3 Å². The molecule has 25 heteroatoms. The van der Waals surface area contributed by atoms with Crippen molar-refractivity contribution in [1.29, 1.82) is 5.26 Å². The maximum Gasteiger partial charge on any atom is 0.443 e. The smallest absolute Gasteiger partial charge is 0.326 e. The average Bonchev–Trinajstić information content (AvgIpc) is 3.87. The molecule has 6 N–H and O–H groups in total. The number of hydrogen-bond acceptors (Lipinski definition) is 10. The third kappa shape index (κ3) is 11.9. The fourth-order valence-electron chi connectivity index (χ4n) is 5.42. The van der Waals surface area contributed by atoms with Crippen LogP contribution in [-0.2, 0) is 54.8 Å². The van der Waals surface area contributed by atoms with Crippen LogP contribution < -0.4 is 20.9 Å². The van der Waals surface area contributed by atoms with Gasteiger partial charge >= 0.3 is 12.4 Å². The first-order valence-corrected chi connectivity index (χ1v) is 21.5. The van der Waals surface area contributed by atoms with Crippen LogP contribution in [0.4, 0.5) is 37.7 Å². The van der Waals surface area contributed by atoms with Gasteiger partial charge in [-0.1, -0.05) is 65.7 Å². The Kier molecular flexibility index (Phi) is 14.2. The minimum Gasteiger partial charge on any atom is -0.326 e. The number of nitrogens with one attached hydrogen (secondary N) is 2. The van der Waals surface area contributed by atoms with Gasteiger partial charge in [-0.15, -0.1) is 11.3 Å². The molecular weight excluding hydrogens is 934 g/mol. The number of nitrogens with zero attached hydrogens (tertiary/aromatic N) is 4. The lowest BCUT2D eigenvalue weighted by atomic mass is 10.1. The van der Waals surface area contributed by atoms with E-state index in [1.54, 1.807) is 42.5 Å². The van der Waals surface area contributed by atoms with Crippen LogP contribution in [0.1, 0.15) is 27.3 Å². The number of benzene rings is 4. The van der Waals surface area contributed by atoms with Crippen LogP contribution in [0.15, 0.2) is 107 Å². The number of aromatic nitrogens is 3. The van der Waals surface area contributed by atoms with Crippen LogP contribution in [0.25, 0.3) is 16.1 Å². The first kappa shape index (κ1) is 47.2. The zero-order valence-corrected chi connectivity index (χ0v) is 34.8. The number of nitriles is 1. The Balaban J connectivity index is 0.000000235. The molecule has 0 atom stereocenters. The van der Waals surface area contributed by atoms with Crippen LogP contribution >= 0.6 is 34.5 Å². The molecule has 14 nitrogen and oxygen atoms in total. The maximum atomic E-state index is 13.8. The molecule has 2 aromatic heterocycles. The minimum absolute atomic E-state index is 0.0175. The number of halogens is 8. The van der Waals surface area contributed by atoms with Crippen molar-refractivity contribution in [2.75, 3.05) is 10.6 Å². The molecule has 6 aromatic rings. The lowest BCUT2D eigenvalue weighted by Gasteiger charge is -2.18. The van der Waals surface area contributed by atoms with Crippen LogP contribution in [0.2, 0.25) is 10.0 Å². The lowest BCUT2D eigenvalue weighted by molar-refractivity contribution is -0.138. The van der Waals surface area contributed by atoms with E-state index in [9.17, 15) is 52.8 Å². The predicted octanol–water partition coefficient (Wildman–Crippen LogP) is 7.56. The summed E-state index contributed by atoms with van der Waals surface area (Å²) in [5.41, 5.74) is -1.69. The average molecular weight is 960 g/mol. The summed E-state index contributed by atoms with van der Waals surface area (Å²) >= 11 is 12.3. The molecule has 0 spiro atoms. The highest BCUT2D eigenvalue weighted by molar-refractivity contribution is 7.89. The van der Waals surface area contributed by atoms with Gasteiger partial charge in [0.25, 0.3) is 0 Å². The number of carbonyl (C=O) groups is 2. The summed E-state index contributed by atoms with van der Waals surface area (Å²) in [6.45, 7) is 0. The fraction of sp³-hybridized carbons (Fsp3) is 0.108. The molecule has 0 saturated carbocycles. The van der Waals surface area contributed by atoms with Gasteiger partial charge in [-0.2, -0.15) is 36.7 Å². The fourth-order valence-corrected chi connectivity index (χ4v) is 8.22. The quantitative estimate of drug-likeness (QED) is 0.0991. The molecule has 2 heterocycles. The van der Waals surface area contributed by atoms with Crippen molar-refractivity contribution in [2.45, 2.75) is 35.0 Å². The molecular formula is C37H26Cl2F6N8O6S3. The Hall–Kier alpha value is -5.87. The molecule has 6 rings (SSSR count). The van der Waals surface area contributed by atoms with Crippen LogP contribution in [0, 0.1) is 11.3 Å². The van der Waals surface area contributed by atoms with E-state index >= 15 is 0 Å². The van der Waals surface area contributed by atoms with Gasteiger partial charge < -0.3 is 10.6 Å². The topological polar surface area (TPSA) is 233 Å². The van der Waals surface area contributed by atoms with Gasteiger partial charge in [-0.3, -0.25) is 9.59 Å². The Labute approximate surface area is 361 Å². The van der Waals surface area contributed by atoms with Gasteiger partial charge in [0.2, 0.25) is 31.9 Å². The van der Waals surface area contributed by atoms with E-state index in [0.717, 1.165) is 29.3 Å². The summed E-state index contributed by atoms with van der Waals surface area (Å²) in [6, 6.07) is 19.5. The van der Waals surface area contributed by atoms with Gasteiger partial charge in [0.15, 0.2) is 5.01 Å². The maximum absolute atomic E-state index is 13.8. The number of rotatable bonds is 10. The molecule has 324 valence electrons. The molecule has 0 unspecified atom stereocenters. The van der Waals surface area contributed by atoms with E-state index < -0.39 is 76.0 Å². The Morgan fingerprint density at radius 1 is 0.774 bits per heavy atom. The summed E-state index contributed by atoms with van der Waals surface area (Å²) in [5.74, 6) is -1.32. The van der Waals surface area contributed by atoms with E-state index in [4.69, 9.17) is 38.7 Å². The molecule has 4 aromatic carbocycles. The number of alkyl halides is 6. The van der Waals surface area contributed by atoms with E-state index in [1.807, 2.05) is 0 Å². The minimum atomic E-state index is -4.97. The number of sulfonamides is 2. The van der Waals surface area contributed by atoms with Crippen molar-refractivity contribution < 1.29 is 52.8 Å². The van der Waals surface area contributed by atoms with Crippen molar-refractivity contribution in [3.05, 3.63) is 135 Å². The summed E-state index contributed by atoms with van der Waals surface area (Å²) < 4.78 is 129. The SMILES string of the molecule is N#Cc1cnn(-c2cc(C(F)(F)F)c(NC(=O)Cc3ccccc3Cl)cc2S(N)(=O)=O)c1.NS(=O)(=O)c1cc(NC(=O)Cc2ccccc2Cl)ccc1-c1cnc(C(F)(F)F)s1. The number of hydrogen-bond donors (Lipinski definition) is 4. The molecule has 0 radical (unpaired) electrons. The summed E-state index contributed by atoms with van der Waals surface area (Å²) in [7, 11) is -8.86. The second-order valence-corrected chi connectivity index (χ2v) is 17.5. The third-order valence-electron chi connectivity index (χ3n) is 8.15. The van der Waals surface area contributed by atoms with Gasteiger partial charge in [0.1, 0.15) is 11.0 Å².